The Morgan fingerprint density at radius 3 is 2.68 bits per heavy atom. The van der Waals surface area contributed by atoms with Crippen molar-refractivity contribution in [1.29, 1.82) is 0 Å². The molecule has 25 heavy (non-hydrogen) atoms. The fourth-order valence-electron chi connectivity index (χ4n) is 3.64. The zero-order valence-corrected chi connectivity index (χ0v) is 14.6. The molecule has 0 spiro atoms. The number of aromatic nitrogens is 1. The number of fused-ring (bicyclic) bond motifs is 3. The molecule has 3 heteroatoms. The summed E-state index contributed by atoms with van der Waals surface area (Å²) in [6.45, 7) is 11.6. The van der Waals surface area contributed by atoms with E-state index in [0.717, 1.165) is 39.6 Å². The Hall–Kier alpha value is -3.12. The lowest BCUT2D eigenvalue weighted by molar-refractivity contribution is -0.660. The van der Waals surface area contributed by atoms with E-state index in [4.69, 9.17) is 11.0 Å². The van der Waals surface area contributed by atoms with Gasteiger partial charge in [0.05, 0.1) is 12.1 Å². The number of aryl methyl sites for hydroxylation is 3. The summed E-state index contributed by atoms with van der Waals surface area (Å²) >= 11 is 0. The van der Waals surface area contributed by atoms with Gasteiger partial charge in [-0.1, -0.05) is 25.1 Å². The maximum Gasteiger partial charge on any atom is 0.213 e. The van der Waals surface area contributed by atoms with Gasteiger partial charge in [0, 0.05) is 28.5 Å². The Kier molecular flexibility index (Phi) is 3.54. The summed E-state index contributed by atoms with van der Waals surface area (Å²) in [4.78, 5) is 3.66. The second-order valence-corrected chi connectivity index (χ2v) is 6.33. The molecule has 0 radical (unpaired) electrons. The number of rotatable bonds is 2. The molecule has 0 atom stereocenters. The summed E-state index contributed by atoms with van der Waals surface area (Å²) in [6, 6.07) is 14.3. The molecule has 0 amide bonds. The van der Waals surface area contributed by atoms with Gasteiger partial charge < -0.3 is 4.42 Å². The van der Waals surface area contributed by atoms with Crippen molar-refractivity contribution in [2.75, 3.05) is 0 Å². The van der Waals surface area contributed by atoms with E-state index in [1.807, 2.05) is 24.3 Å². The highest BCUT2D eigenvalue weighted by atomic mass is 16.3. The lowest BCUT2D eigenvalue weighted by Crippen LogP contribution is -2.30. The summed E-state index contributed by atoms with van der Waals surface area (Å²) in [7, 11) is 2.06. The number of pyridine rings is 1. The summed E-state index contributed by atoms with van der Waals surface area (Å²) < 4.78 is 8.36. The van der Waals surface area contributed by atoms with Crippen LogP contribution < -0.4 is 4.57 Å². The Bertz CT molecular complexity index is 1160. The molecule has 0 unspecified atom stereocenters. The molecule has 0 fully saturated rings. The summed E-state index contributed by atoms with van der Waals surface area (Å²) in [5.74, 6) is 0. The van der Waals surface area contributed by atoms with E-state index in [1.165, 1.54) is 11.1 Å². The van der Waals surface area contributed by atoms with Crippen molar-refractivity contribution in [2.45, 2.75) is 20.3 Å². The van der Waals surface area contributed by atoms with E-state index in [-0.39, 0.29) is 0 Å². The summed E-state index contributed by atoms with van der Waals surface area (Å²) in [5, 5.41) is 2.21. The SMILES string of the molecule is [C-]#[N+]c1ccc2c(oc3ccc(C)c(-c4cccc[n+]4C)c32)c1CC. The maximum absolute atomic E-state index is 7.42. The van der Waals surface area contributed by atoms with Crippen molar-refractivity contribution >= 4 is 27.6 Å². The van der Waals surface area contributed by atoms with Gasteiger partial charge in [-0.25, -0.2) is 9.41 Å². The molecule has 3 nitrogen and oxygen atoms in total. The minimum Gasteiger partial charge on any atom is -0.457 e. The van der Waals surface area contributed by atoms with Gasteiger partial charge in [-0.2, -0.15) is 0 Å². The van der Waals surface area contributed by atoms with Crippen molar-refractivity contribution in [3.63, 3.8) is 0 Å². The summed E-state index contributed by atoms with van der Waals surface area (Å²) in [5.41, 5.74) is 6.94. The predicted octanol–water partition coefficient (Wildman–Crippen LogP) is 5.50. The second-order valence-electron chi connectivity index (χ2n) is 6.33. The molecule has 0 saturated carbocycles. The van der Waals surface area contributed by atoms with E-state index in [9.17, 15) is 0 Å². The minimum atomic E-state index is 0.678. The van der Waals surface area contributed by atoms with Gasteiger partial charge >= 0.3 is 0 Å². The molecular weight excluding hydrogens is 308 g/mol. The van der Waals surface area contributed by atoms with Crippen LogP contribution in [0.2, 0.25) is 0 Å². The summed E-state index contributed by atoms with van der Waals surface area (Å²) in [6.07, 6.45) is 2.84. The highest BCUT2D eigenvalue weighted by Crippen LogP contribution is 2.41. The molecule has 0 aliphatic heterocycles. The van der Waals surface area contributed by atoms with Gasteiger partial charge in [0.2, 0.25) is 5.69 Å². The lowest BCUT2D eigenvalue weighted by Gasteiger charge is -2.06. The third-order valence-corrected chi connectivity index (χ3v) is 4.88. The topological polar surface area (TPSA) is 21.4 Å². The van der Waals surface area contributed by atoms with Crippen molar-refractivity contribution in [2.24, 2.45) is 7.05 Å². The molecule has 2 aromatic carbocycles. The second kappa shape index (κ2) is 5.75. The lowest BCUT2D eigenvalue weighted by atomic mass is 9.97. The van der Waals surface area contributed by atoms with Gasteiger partial charge in [0.1, 0.15) is 18.2 Å². The third kappa shape index (κ3) is 2.22. The van der Waals surface area contributed by atoms with E-state index in [1.54, 1.807) is 0 Å². The molecule has 0 aliphatic carbocycles. The molecule has 2 heterocycles. The Morgan fingerprint density at radius 1 is 1.12 bits per heavy atom. The maximum atomic E-state index is 7.42. The minimum absolute atomic E-state index is 0.678. The highest BCUT2D eigenvalue weighted by molar-refractivity contribution is 6.14. The predicted molar refractivity (Wildman–Crippen MR) is 101 cm³/mol. The normalized spacial score (nSPS) is 11.1. The van der Waals surface area contributed by atoms with Crippen LogP contribution in [0.5, 0.6) is 0 Å². The van der Waals surface area contributed by atoms with Gasteiger partial charge in [-0.05, 0) is 31.0 Å². The van der Waals surface area contributed by atoms with E-state index in [2.05, 4.69) is 54.7 Å². The fourth-order valence-corrected chi connectivity index (χ4v) is 3.64. The number of benzene rings is 2. The smallest absolute Gasteiger partial charge is 0.213 e. The monoisotopic (exact) mass is 327 g/mol. The first kappa shape index (κ1) is 15.4. The molecule has 122 valence electrons. The van der Waals surface area contributed by atoms with Crippen molar-refractivity contribution in [3.05, 3.63) is 71.2 Å². The highest BCUT2D eigenvalue weighted by Gasteiger charge is 2.21. The Morgan fingerprint density at radius 2 is 1.96 bits per heavy atom. The van der Waals surface area contributed by atoms with E-state index >= 15 is 0 Å². The van der Waals surface area contributed by atoms with E-state index in [0.29, 0.717) is 5.69 Å². The first-order valence-corrected chi connectivity index (χ1v) is 8.46. The zero-order valence-electron chi connectivity index (χ0n) is 14.6. The molecule has 4 rings (SSSR count). The first-order chi connectivity index (χ1) is 12.2. The fraction of sp³-hybridized carbons (Fsp3) is 0.182. The molecule has 0 saturated heterocycles. The largest absolute Gasteiger partial charge is 0.457 e. The van der Waals surface area contributed by atoms with E-state index < -0.39 is 0 Å². The Labute approximate surface area is 147 Å². The van der Waals surface area contributed by atoms with Crippen LogP contribution in [-0.2, 0) is 13.5 Å². The van der Waals surface area contributed by atoms with Crippen LogP contribution in [0.4, 0.5) is 5.69 Å². The van der Waals surface area contributed by atoms with Crippen molar-refractivity contribution in [1.82, 2.24) is 0 Å². The molecular formula is C22H19N2O+. The van der Waals surface area contributed by atoms with Crippen LogP contribution >= 0.6 is 0 Å². The van der Waals surface area contributed by atoms with Crippen LogP contribution in [0.15, 0.2) is 53.1 Å². The molecule has 2 aromatic heterocycles. The first-order valence-electron chi connectivity index (χ1n) is 8.46. The average Bonchev–Trinajstić information content (AvgIpc) is 3.00. The standard InChI is InChI=1S/C22H19N2O/c1-5-15-17(23-3)11-10-16-21-19(25-22(15)16)12-9-14(2)20(21)18-8-6-7-13-24(18)4/h6-13H,5H2,1-2,4H3/q+1. The van der Waals surface area contributed by atoms with Crippen molar-refractivity contribution < 1.29 is 8.98 Å². The van der Waals surface area contributed by atoms with Crippen LogP contribution in [0.3, 0.4) is 0 Å². The molecule has 0 aliphatic rings. The Balaban J connectivity index is 2.20. The van der Waals surface area contributed by atoms with Crippen molar-refractivity contribution in [3.8, 4) is 11.3 Å². The van der Waals surface area contributed by atoms with Gasteiger partial charge in [0.15, 0.2) is 11.9 Å². The number of hydrogen-bond donors (Lipinski definition) is 0. The van der Waals surface area contributed by atoms with Crippen LogP contribution in [0, 0.1) is 13.5 Å². The molecule has 0 bridgehead atoms. The number of hydrogen-bond acceptors (Lipinski definition) is 1. The van der Waals surface area contributed by atoms with Crippen LogP contribution in [-0.4, -0.2) is 0 Å². The van der Waals surface area contributed by atoms with Gasteiger partial charge in [-0.15, -0.1) is 0 Å². The zero-order chi connectivity index (χ0) is 17.6. The van der Waals surface area contributed by atoms with Crippen LogP contribution in [0.1, 0.15) is 18.1 Å². The average molecular weight is 327 g/mol. The quantitative estimate of drug-likeness (QED) is 0.352. The van der Waals surface area contributed by atoms with Gasteiger partial charge in [-0.3, -0.25) is 0 Å². The molecule has 0 N–H and O–H groups in total. The number of furan rings is 1. The van der Waals surface area contributed by atoms with Gasteiger partial charge in [0.25, 0.3) is 0 Å². The third-order valence-electron chi connectivity index (χ3n) is 4.88. The van der Waals surface area contributed by atoms with Crippen LogP contribution in [0.25, 0.3) is 38.0 Å². The number of nitrogens with zero attached hydrogens (tertiary/aromatic N) is 2. The molecule has 4 aromatic rings.